The molecule has 0 saturated carbocycles. The highest BCUT2D eigenvalue weighted by Gasteiger charge is 2.26. The minimum Gasteiger partial charge on any atom is -0.496 e. The van der Waals surface area contributed by atoms with Gasteiger partial charge in [-0.15, -0.1) is 0 Å². The van der Waals surface area contributed by atoms with Gasteiger partial charge in [-0.2, -0.15) is 0 Å². The van der Waals surface area contributed by atoms with Crippen LogP contribution in [0.2, 0.25) is 5.02 Å². The van der Waals surface area contributed by atoms with Crippen molar-refractivity contribution in [1.82, 2.24) is 0 Å². The molecule has 0 N–H and O–H groups in total. The van der Waals surface area contributed by atoms with E-state index in [4.69, 9.17) is 25.4 Å². The lowest BCUT2D eigenvalue weighted by atomic mass is 10.1. The third-order valence-corrected chi connectivity index (χ3v) is 5.63. The SMILES string of the molecule is COc1cccc(Cl)c1C(=O)CCOP(=O)(OC)c1ccccc1. The van der Waals surface area contributed by atoms with Gasteiger partial charge in [-0.05, 0) is 24.3 Å². The molecule has 0 heterocycles. The molecular formula is C17H18ClO5P. The summed E-state index contributed by atoms with van der Waals surface area (Å²) in [5.41, 5.74) is 0.289. The third kappa shape index (κ3) is 4.25. The summed E-state index contributed by atoms with van der Waals surface area (Å²) in [6.45, 7) is -0.0623. The first-order valence-corrected chi connectivity index (χ1v) is 9.15. The molecule has 0 aliphatic heterocycles. The Labute approximate surface area is 146 Å². The second-order valence-electron chi connectivity index (χ2n) is 4.84. The van der Waals surface area contributed by atoms with E-state index >= 15 is 0 Å². The zero-order valence-electron chi connectivity index (χ0n) is 13.4. The van der Waals surface area contributed by atoms with Crippen LogP contribution in [0.25, 0.3) is 0 Å². The Morgan fingerprint density at radius 1 is 1.08 bits per heavy atom. The molecule has 2 aromatic carbocycles. The average Bonchev–Trinajstić information content (AvgIpc) is 2.61. The largest absolute Gasteiger partial charge is 0.496 e. The number of benzene rings is 2. The molecule has 0 aliphatic rings. The van der Waals surface area contributed by atoms with Crippen LogP contribution in [0.3, 0.4) is 0 Å². The number of Topliss-reactive ketones (excluding diaryl/α,β-unsaturated/α-hetero) is 1. The van der Waals surface area contributed by atoms with E-state index in [2.05, 4.69) is 0 Å². The Morgan fingerprint density at radius 2 is 1.79 bits per heavy atom. The van der Waals surface area contributed by atoms with Crippen molar-refractivity contribution in [1.29, 1.82) is 0 Å². The number of carbonyl (C=O) groups is 1. The van der Waals surface area contributed by atoms with Gasteiger partial charge in [0.1, 0.15) is 5.75 Å². The molecule has 0 bridgehead atoms. The molecule has 2 aromatic rings. The summed E-state index contributed by atoms with van der Waals surface area (Å²) in [5.74, 6) is 0.138. The van der Waals surface area contributed by atoms with Gasteiger partial charge in [-0.25, -0.2) is 0 Å². The molecule has 0 fully saturated rings. The molecule has 128 valence electrons. The highest BCUT2D eigenvalue weighted by Crippen LogP contribution is 2.46. The molecule has 0 amide bonds. The van der Waals surface area contributed by atoms with E-state index < -0.39 is 7.60 Å². The van der Waals surface area contributed by atoms with Gasteiger partial charge in [0.2, 0.25) is 0 Å². The van der Waals surface area contributed by atoms with Gasteiger partial charge in [0.25, 0.3) is 0 Å². The summed E-state index contributed by atoms with van der Waals surface area (Å²) in [7, 11) is -0.670. The van der Waals surface area contributed by atoms with Crippen LogP contribution in [0.5, 0.6) is 5.75 Å². The molecule has 0 spiro atoms. The van der Waals surface area contributed by atoms with E-state index in [1.165, 1.54) is 14.2 Å². The lowest BCUT2D eigenvalue weighted by molar-refractivity contribution is 0.0956. The van der Waals surface area contributed by atoms with E-state index in [0.717, 1.165) is 0 Å². The first-order valence-electron chi connectivity index (χ1n) is 7.23. The first kappa shape index (κ1) is 18.7. The number of hydrogen-bond donors (Lipinski definition) is 0. The molecule has 0 aromatic heterocycles. The van der Waals surface area contributed by atoms with Gasteiger partial charge in [-0.1, -0.05) is 35.9 Å². The standard InChI is InChI=1S/C17H18ClO5P/c1-21-16-10-6-9-14(18)17(16)15(19)11-12-23-24(20,22-2)13-7-4-3-5-8-13/h3-10H,11-12H2,1-2H3. The predicted molar refractivity (Wildman–Crippen MR) is 93.6 cm³/mol. The van der Waals surface area contributed by atoms with Gasteiger partial charge in [-0.3, -0.25) is 9.36 Å². The molecule has 7 heteroatoms. The van der Waals surface area contributed by atoms with Crippen molar-refractivity contribution in [3.05, 3.63) is 59.1 Å². The van der Waals surface area contributed by atoms with Crippen molar-refractivity contribution in [3.8, 4) is 5.75 Å². The topological polar surface area (TPSA) is 61.8 Å². The Morgan fingerprint density at radius 3 is 2.42 bits per heavy atom. The van der Waals surface area contributed by atoms with Crippen LogP contribution < -0.4 is 10.0 Å². The molecular weight excluding hydrogens is 351 g/mol. The second-order valence-corrected chi connectivity index (χ2v) is 7.38. The summed E-state index contributed by atoms with van der Waals surface area (Å²) in [6.07, 6.45) is 0.000275. The summed E-state index contributed by atoms with van der Waals surface area (Å²) in [5, 5.41) is 0.743. The average molecular weight is 369 g/mol. The van der Waals surface area contributed by atoms with Gasteiger partial charge < -0.3 is 13.8 Å². The number of carbonyl (C=O) groups excluding carboxylic acids is 1. The van der Waals surface area contributed by atoms with Crippen molar-refractivity contribution in [2.75, 3.05) is 20.8 Å². The maximum Gasteiger partial charge on any atom is 0.361 e. The van der Waals surface area contributed by atoms with Crippen molar-refractivity contribution < 1.29 is 23.1 Å². The summed E-state index contributed by atoms with van der Waals surface area (Å²) in [4.78, 5) is 12.4. The van der Waals surface area contributed by atoms with E-state index in [1.54, 1.807) is 48.5 Å². The Kier molecular flexibility index (Phi) is 6.58. The fraction of sp³-hybridized carbons (Fsp3) is 0.235. The molecule has 1 atom stereocenters. The number of ketones is 1. The first-order chi connectivity index (χ1) is 11.5. The van der Waals surface area contributed by atoms with Gasteiger partial charge in [0.05, 0.1) is 29.6 Å². The maximum absolute atomic E-state index is 12.7. The van der Waals surface area contributed by atoms with Crippen LogP contribution in [-0.2, 0) is 13.6 Å². The summed E-state index contributed by atoms with van der Waals surface area (Å²) >= 11 is 6.07. The van der Waals surface area contributed by atoms with E-state index in [0.29, 0.717) is 16.1 Å². The Balaban J connectivity index is 2.06. The molecule has 1 unspecified atom stereocenters. The van der Waals surface area contributed by atoms with Crippen LogP contribution in [0, 0.1) is 0 Å². The lowest BCUT2D eigenvalue weighted by Crippen LogP contribution is -2.12. The Hall–Kier alpha value is -1.65. The van der Waals surface area contributed by atoms with Crippen LogP contribution in [0.1, 0.15) is 16.8 Å². The molecule has 2 rings (SSSR count). The normalized spacial score (nSPS) is 13.3. The predicted octanol–water partition coefficient (Wildman–Crippen LogP) is 4.10. The zero-order chi connectivity index (χ0) is 17.6. The summed E-state index contributed by atoms with van der Waals surface area (Å²) < 4.78 is 28.3. The summed E-state index contributed by atoms with van der Waals surface area (Å²) in [6, 6.07) is 13.6. The highest BCUT2D eigenvalue weighted by molar-refractivity contribution is 7.62. The number of rotatable bonds is 8. The van der Waals surface area contributed by atoms with Gasteiger partial charge >= 0.3 is 7.60 Å². The molecule has 24 heavy (non-hydrogen) atoms. The van der Waals surface area contributed by atoms with Crippen molar-refractivity contribution in [3.63, 3.8) is 0 Å². The van der Waals surface area contributed by atoms with Crippen LogP contribution in [0.4, 0.5) is 0 Å². The van der Waals surface area contributed by atoms with Crippen molar-refractivity contribution in [2.24, 2.45) is 0 Å². The molecule has 0 aliphatic carbocycles. The number of hydrogen-bond acceptors (Lipinski definition) is 5. The quantitative estimate of drug-likeness (QED) is 0.518. The van der Waals surface area contributed by atoms with Gasteiger partial charge in [0.15, 0.2) is 5.78 Å². The van der Waals surface area contributed by atoms with Crippen molar-refractivity contribution >= 4 is 30.3 Å². The minimum absolute atomic E-state index is 0.000275. The fourth-order valence-corrected chi connectivity index (χ4v) is 3.78. The lowest BCUT2D eigenvalue weighted by Gasteiger charge is -2.16. The van der Waals surface area contributed by atoms with E-state index in [1.807, 2.05) is 0 Å². The third-order valence-electron chi connectivity index (χ3n) is 3.38. The van der Waals surface area contributed by atoms with E-state index in [-0.39, 0.29) is 24.4 Å². The van der Waals surface area contributed by atoms with Crippen LogP contribution in [0.15, 0.2) is 48.5 Å². The number of ether oxygens (including phenoxy) is 1. The Bertz CT molecular complexity index is 748. The number of halogens is 1. The van der Waals surface area contributed by atoms with Crippen LogP contribution >= 0.6 is 19.2 Å². The minimum atomic E-state index is -3.45. The van der Waals surface area contributed by atoms with Crippen molar-refractivity contribution in [2.45, 2.75) is 6.42 Å². The zero-order valence-corrected chi connectivity index (χ0v) is 15.0. The number of methoxy groups -OCH3 is 1. The maximum atomic E-state index is 12.7. The molecule has 0 radical (unpaired) electrons. The molecule has 0 saturated heterocycles. The molecule has 5 nitrogen and oxygen atoms in total. The van der Waals surface area contributed by atoms with E-state index in [9.17, 15) is 9.36 Å². The monoisotopic (exact) mass is 368 g/mol. The second kappa shape index (κ2) is 8.45. The highest BCUT2D eigenvalue weighted by atomic mass is 35.5. The van der Waals surface area contributed by atoms with Crippen LogP contribution in [-0.4, -0.2) is 26.6 Å². The fourth-order valence-electron chi connectivity index (χ4n) is 2.17. The van der Waals surface area contributed by atoms with Gasteiger partial charge in [0, 0.05) is 13.5 Å². The smallest absolute Gasteiger partial charge is 0.361 e.